The van der Waals surface area contributed by atoms with Crippen LogP contribution in [0.4, 0.5) is 0 Å². The van der Waals surface area contributed by atoms with Crippen LogP contribution in [0.3, 0.4) is 0 Å². The quantitative estimate of drug-likeness (QED) is 0.817. The Hall–Kier alpha value is -2.86. The Morgan fingerprint density at radius 2 is 1.60 bits per heavy atom. The summed E-state index contributed by atoms with van der Waals surface area (Å²) in [6.45, 7) is -0.182. The average molecular weight is 341 g/mol. The van der Waals surface area contributed by atoms with E-state index in [9.17, 15) is 14.7 Å². The second-order valence-corrected chi connectivity index (χ2v) is 5.64. The summed E-state index contributed by atoms with van der Waals surface area (Å²) >= 11 is 0. The molecule has 130 valence electrons. The van der Waals surface area contributed by atoms with Crippen LogP contribution in [0.25, 0.3) is 0 Å². The van der Waals surface area contributed by atoms with E-state index in [2.05, 4.69) is 0 Å². The second kappa shape index (κ2) is 6.94. The van der Waals surface area contributed by atoms with Crippen molar-refractivity contribution in [1.29, 1.82) is 0 Å². The van der Waals surface area contributed by atoms with Crippen molar-refractivity contribution in [3.8, 4) is 11.5 Å². The monoisotopic (exact) mass is 341 g/mol. The molecule has 25 heavy (non-hydrogen) atoms. The zero-order valence-corrected chi connectivity index (χ0v) is 14.1. The molecule has 2 aromatic carbocycles. The molecule has 0 aromatic heterocycles. The Morgan fingerprint density at radius 1 is 0.960 bits per heavy atom. The van der Waals surface area contributed by atoms with E-state index in [4.69, 9.17) is 9.47 Å². The van der Waals surface area contributed by atoms with Crippen LogP contribution in [0.15, 0.2) is 42.5 Å². The number of rotatable bonds is 6. The maximum Gasteiger partial charge on any atom is 0.262 e. The van der Waals surface area contributed by atoms with Crippen molar-refractivity contribution >= 4 is 11.8 Å². The number of para-hydroxylation sites is 1. The number of carbonyl (C=O) groups excluding carboxylic acids is 2. The minimum Gasteiger partial charge on any atom is -0.493 e. The number of ether oxygens (including phenoxy) is 2. The van der Waals surface area contributed by atoms with Crippen molar-refractivity contribution in [3.63, 3.8) is 0 Å². The number of fused-ring (bicyclic) bond motifs is 1. The van der Waals surface area contributed by atoms with E-state index in [0.29, 0.717) is 28.2 Å². The zero-order valence-electron chi connectivity index (χ0n) is 14.1. The molecule has 0 saturated carbocycles. The van der Waals surface area contributed by atoms with E-state index in [1.54, 1.807) is 42.5 Å². The van der Waals surface area contributed by atoms with Gasteiger partial charge in [0.05, 0.1) is 31.4 Å². The molecule has 6 heteroatoms. The van der Waals surface area contributed by atoms with Crippen LogP contribution >= 0.6 is 0 Å². The first-order valence-corrected chi connectivity index (χ1v) is 7.92. The minimum atomic E-state index is -0.651. The summed E-state index contributed by atoms with van der Waals surface area (Å²) in [5, 5.41) is 9.52. The summed E-state index contributed by atoms with van der Waals surface area (Å²) in [4.78, 5) is 26.8. The molecule has 0 spiro atoms. The number of aliphatic hydroxyl groups is 1. The molecule has 2 amide bonds. The highest BCUT2D eigenvalue weighted by atomic mass is 16.5. The van der Waals surface area contributed by atoms with E-state index >= 15 is 0 Å². The Kier molecular flexibility index (Phi) is 4.72. The molecule has 1 unspecified atom stereocenters. The van der Waals surface area contributed by atoms with E-state index in [1.165, 1.54) is 19.1 Å². The van der Waals surface area contributed by atoms with Crippen LogP contribution in [-0.2, 0) is 0 Å². The summed E-state index contributed by atoms with van der Waals surface area (Å²) in [7, 11) is 3.02. The largest absolute Gasteiger partial charge is 0.493 e. The van der Waals surface area contributed by atoms with Gasteiger partial charge < -0.3 is 14.6 Å². The molecule has 0 saturated heterocycles. The normalized spacial score (nSPS) is 14.4. The van der Waals surface area contributed by atoms with Gasteiger partial charge in [0.15, 0.2) is 11.5 Å². The highest BCUT2D eigenvalue weighted by Crippen LogP contribution is 2.41. The van der Waals surface area contributed by atoms with E-state index in [0.717, 1.165) is 0 Å². The van der Waals surface area contributed by atoms with Crippen LogP contribution in [0.2, 0.25) is 0 Å². The third kappa shape index (κ3) is 2.74. The lowest BCUT2D eigenvalue weighted by Gasteiger charge is -2.28. The summed E-state index contributed by atoms with van der Waals surface area (Å²) in [6, 6.07) is 11.3. The van der Waals surface area contributed by atoms with E-state index < -0.39 is 6.04 Å². The average Bonchev–Trinajstić information content (AvgIpc) is 2.90. The first-order valence-electron chi connectivity index (χ1n) is 7.92. The molecule has 1 aliphatic heterocycles. The maximum absolute atomic E-state index is 12.8. The van der Waals surface area contributed by atoms with E-state index in [-0.39, 0.29) is 24.8 Å². The predicted molar refractivity (Wildman–Crippen MR) is 90.9 cm³/mol. The predicted octanol–water partition coefficient (Wildman–Crippen LogP) is 2.42. The number of benzene rings is 2. The molecular weight excluding hydrogens is 322 g/mol. The first-order chi connectivity index (χ1) is 12.1. The highest BCUT2D eigenvalue weighted by molar-refractivity contribution is 6.21. The third-order valence-corrected chi connectivity index (χ3v) is 4.33. The standard InChI is InChI=1S/C19H19NO5/c1-24-16-9-5-8-14(17(16)25-2)15(10-11-21)20-18(22)12-6-3-4-7-13(12)19(20)23/h3-9,15,21H,10-11H2,1-2H3. The Balaban J connectivity index is 2.10. The summed E-state index contributed by atoms with van der Waals surface area (Å²) < 4.78 is 10.8. The number of carbonyl (C=O) groups is 2. The van der Waals surface area contributed by atoms with Crippen LogP contribution in [0, 0.1) is 0 Å². The van der Waals surface area contributed by atoms with Crippen molar-refractivity contribution in [3.05, 3.63) is 59.2 Å². The number of amides is 2. The van der Waals surface area contributed by atoms with Gasteiger partial charge in [-0.15, -0.1) is 0 Å². The smallest absolute Gasteiger partial charge is 0.262 e. The lowest BCUT2D eigenvalue weighted by atomic mass is 10.0. The number of aliphatic hydroxyl groups excluding tert-OH is 1. The van der Waals surface area contributed by atoms with Gasteiger partial charge in [-0.2, -0.15) is 0 Å². The fraction of sp³-hybridized carbons (Fsp3) is 0.263. The number of methoxy groups -OCH3 is 2. The molecule has 2 aromatic rings. The molecule has 1 N–H and O–H groups in total. The number of nitrogens with zero attached hydrogens (tertiary/aromatic N) is 1. The number of hydrogen-bond acceptors (Lipinski definition) is 5. The van der Waals surface area contributed by atoms with Gasteiger partial charge in [-0.05, 0) is 24.6 Å². The molecule has 1 aliphatic rings. The SMILES string of the molecule is COc1cccc(C(CCO)N2C(=O)c3ccccc3C2=O)c1OC. The van der Waals surface area contributed by atoms with E-state index in [1.807, 2.05) is 0 Å². The van der Waals surface area contributed by atoms with Gasteiger partial charge in [0.25, 0.3) is 11.8 Å². The van der Waals surface area contributed by atoms with Crippen LogP contribution in [-0.4, -0.2) is 42.6 Å². The van der Waals surface area contributed by atoms with Crippen molar-refractivity contribution in [2.75, 3.05) is 20.8 Å². The van der Waals surface area contributed by atoms with Crippen molar-refractivity contribution in [2.24, 2.45) is 0 Å². The van der Waals surface area contributed by atoms with Gasteiger partial charge in [-0.3, -0.25) is 14.5 Å². The molecular formula is C19H19NO5. The molecule has 1 heterocycles. The molecule has 1 atom stereocenters. The van der Waals surface area contributed by atoms with Gasteiger partial charge in [-0.1, -0.05) is 24.3 Å². The highest BCUT2D eigenvalue weighted by Gasteiger charge is 2.41. The lowest BCUT2D eigenvalue weighted by Crippen LogP contribution is -2.35. The van der Waals surface area contributed by atoms with Crippen molar-refractivity contribution in [1.82, 2.24) is 4.90 Å². The molecule has 0 bridgehead atoms. The Labute approximate surface area is 145 Å². The molecule has 3 rings (SSSR count). The summed E-state index contributed by atoms with van der Waals surface area (Å²) in [5.41, 5.74) is 1.36. The fourth-order valence-corrected chi connectivity index (χ4v) is 3.21. The van der Waals surface area contributed by atoms with Gasteiger partial charge in [0.2, 0.25) is 0 Å². The summed E-state index contributed by atoms with van der Waals surface area (Å²) in [5.74, 6) is 0.201. The number of hydrogen-bond donors (Lipinski definition) is 1. The van der Waals surface area contributed by atoms with Gasteiger partial charge in [0, 0.05) is 12.2 Å². The van der Waals surface area contributed by atoms with Crippen LogP contribution < -0.4 is 9.47 Å². The second-order valence-electron chi connectivity index (χ2n) is 5.64. The maximum atomic E-state index is 12.8. The lowest BCUT2D eigenvalue weighted by molar-refractivity contribution is 0.0556. The van der Waals surface area contributed by atoms with Crippen molar-refractivity contribution < 1.29 is 24.2 Å². The molecule has 0 fully saturated rings. The summed E-state index contributed by atoms with van der Waals surface area (Å²) in [6.07, 6.45) is 0.203. The van der Waals surface area contributed by atoms with Crippen molar-refractivity contribution in [2.45, 2.75) is 12.5 Å². The Morgan fingerprint density at radius 3 is 2.12 bits per heavy atom. The first kappa shape index (κ1) is 17.0. The number of imide groups is 1. The van der Waals surface area contributed by atoms with Gasteiger partial charge in [0.1, 0.15) is 0 Å². The fourth-order valence-electron chi connectivity index (χ4n) is 3.21. The Bertz CT molecular complexity index is 782. The zero-order chi connectivity index (χ0) is 18.0. The minimum absolute atomic E-state index is 0.182. The van der Waals surface area contributed by atoms with Crippen LogP contribution in [0.1, 0.15) is 38.7 Å². The molecule has 0 radical (unpaired) electrons. The third-order valence-electron chi connectivity index (χ3n) is 4.33. The van der Waals surface area contributed by atoms with Gasteiger partial charge in [-0.25, -0.2) is 0 Å². The van der Waals surface area contributed by atoms with Gasteiger partial charge >= 0.3 is 0 Å². The molecule has 6 nitrogen and oxygen atoms in total. The molecule has 0 aliphatic carbocycles. The topological polar surface area (TPSA) is 76.1 Å². The van der Waals surface area contributed by atoms with Crippen LogP contribution in [0.5, 0.6) is 11.5 Å².